The molecule has 1 N–H and O–H groups in total. The van der Waals surface area contributed by atoms with Crippen molar-refractivity contribution in [2.24, 2.45) is 16.8 Å². The third-order valence-corrected chi connectivity index (χ3v) is 5.17. The molecule has 1 aliphatic rings. The van der Waals surface area contributed by atoms with Crippen molar-refractivity contribution in [1.29, 1.82) is 0 Å². The molecule has 1 saturated heterocycles. The Kier molecular flexibility index (Phi) is 7.75. The number of piperidine rings is 1. The zero-order chi connectivity index (χ0) is 18.2. The monoisotopic (exact) mass is 349 g/mol. The van der Waals surface area contributed by atoms with Crippen molar-refractivity contribution in [2.75, 3.05) is 33.3 Å². The number of ether oxygens (including phenoxy) is 1. The molecule has 0 amide bonds. The molecule has 6 heteroatoms. The minimum atomic E-state index is 0.302. The Morgan fingerprint density at radius 2 is 2.24 bits per heavy atom. The summed E-state index contributed by atoms with van der Waals surface area (Å²) >= 11 is 0. The molecule has 25 heavy (non-hydrogen) atoms. The van der Waals surface area contributed by atoms with Gasteiger partial charge in [-0.3, -0.25) is 4.99 Å². The molecular weight excluding hydrogens is 314 g/mol. The SMILES string of the molecule is CCOC(CCNC(=NC)N1CCC(C)C(n2ccnc2)C1)C(C)C. The van der Waals surface area contributed by atoms with Crippen molar-refractivity contribution in [2.45, 2.75) is 52.7 Å². The third-order valence-electron chi connectivity index (χ3n) is 5.17. The van der Waals surface area contributed by atoms with Gasteiger partial charge in [0.2, 0.25) is 0 Å². The molecule has 1 aliphatic heterocycles. The van der Waals surface area contributed by atoms with Crippen molar-refractivity contribution < 1.29 is 4.74 Å². The molecule has 0 saturated carbocycles. The normalized spacial score (nSPS) is 23.1. The van der Waals surface area contributed by atoms with Crippen LogP contribution in [0, 0.1) is 11.8 Å². The third kappa shape index (κ3) is 5.46. The lowest BCUT2D eigenvalue weighted by Gasteiger charge is -2.39. The van der Waals surface area contributed by atoms with E-state index >= 15 is 0 Å². The van der Waals surface area contributed by atoms with Gasteiger partial charge in [-0.15, -0.1) is 0 Å². The summed E-state index contributed by atoms with van der Waals surface area (Å²) < 4.78 is 8.07. The molecule has 1 aromatic rings. The van der Waals surface area contributed by atoms with Gasteiger partial charge in [-0.25, -0.2) is 4.98 Å². The largest absolute Gasteiger partial charge is 0.378 e. The van der Waals surface area contributed by atoms with Crippen molar-refractivity contribution in [3.8, 4) is 0 Å². The Morgan fingerprint density at radius 3 is 2.84 bits per heavy atom. The van der Waals surface area contributed by atoms with E-state index in [-0.39, 0.29) is 0 Å². The van der Waals surface area contributed by atoms with E-state index in [4.69, 9.17) is 4.74 Å². The van der Waals surface area contributed by atoms with E-state index in [9.17, 15) is 0 Å². The Morgan fingerprint density at radius 1 is 1.44 bits per heavy atom. The average molecular weight is 350 g/mol. The van der Waals surface area contributed by atoms with Gasteiger partial charge in [0.25, 0.3) is 0 Å². The standard InChI is InChI=1S/C19H35N5O/c1-6-25-18(15(2)3)7-9-22-19(20-5)23-11-8-16(4)17(13-23)24-12-10-21-14-24/h10,12,14-18H,6-9,11,13H2,1-5H3,(H,20,22). The lowest BCUT2D eigenvalue weighted by atomic mass is 9.93. The fourth-order valence-corrected chi connectivity index (χ4v) is 3.58. The fourth-order valence-electron chi connectivity index (χ4n) is 3.58. The summed E-state index contributed by atoms with van der Waals surface area (Å²) in [7, 11) is 1.87. The summed E-state index contributed by atoms with van der Waals surface area (Å²) in [5.74, 6) is 2.17. The Labute approximate surface area is 152 Å². The van der Waals surface area contributed by atoms with Crippen LogP contribution < -0.4 is 5.32 Å². The molecule has 142 valence electrons. The van der Waals surface area contributed by atoms with Crippen LogP contribution in [0.2, 0.25) is 0 Å². The van der Waals surface area contributed by atoms with E-state index in [0.717, 1.165) is 45.0 Å². The predicted molar refractivity (Wildman–Crippen MR) is 103 cm³/mol. The highest BCUT2D eigenvalue weighted by molar-refractivity contribution is 5.80. The summed E-state index contributed by atoms with van der Waals surface area (Å²) in [6.07, 6.45) is 8.32. The van der Waals surface area contributed by atoms with Gasteiger partial charge < -0.3 is 19.5 Å². The Hall–Kier alpha value is -1.56. The van der Waals surface area contributed by atoms with Crippen LogP contribution in [0.4, 0.5) is 0 Å². The van der Waals surface area contributed by atoms with Gasteiger partial charge in [0.1, 0.15) is 0 Å². The number of aliphatic imine (C=N–C) groups is 1. The molecule has 3 unspecified atom stereocenters. The Bertz CT molecular complexity index is 514. The van der Waals surface area contributed by atoms with E-state index in [1.165, 1.54) is 0 Å². The van der Waals surface area contributed by atoms with Crippen molar-refractivity contribution in [3.05, 3.63) is 18.7 Å². The highest BCUT2D eigenvalue weighted by atomic mass is 16.5. The maximum Gasteiger partial charge on any atom is 0.193 e. The van der Waals surface area contributed by atoms with E-state index < -0.39 is 0 Å². The van der Waals surface area contributed by atoms with E-state index in [2.05, 4.69) is 58.7 Å². The number of guanidine groups is 1. The smallest absolute Gasteiger partial charge is 0.193 e. The summed E-state index contributed by atoms with van der Waals surface area (Å²) in [6.45, 7) is 12.5. The second-order valence-electron chi connectivity index (χ2n) is 7.29. The molecular formula is C19H35N5O. The first kappa shape index (κ1) is 19.8. The van der Waals surface area contributed by atoms with Gasteiger partial charge in [-0.1, -0.05) is 20.8 Å². The first-order valence-electron chi connectivity index (χ1n) is 9.61. The highest BCUT2D eigenvalue weighted by Crippen LogP contribution is 2.27. The quantitative estimate of drug-likeness (QED) is 0.607. The van der Waals surface area contributed by atoms with Crippen molar-refractivity contribution >= 4 is 5.96 Å². The fraction of sp³-hybridized carbons (Fsp3) is 0.789. The van der Waals surface area contributed by atoms with Crippen LogP contribution >= 0.6 is 0 Å². The van der Waals surface area contributed by atoms with Crippen LogP contribution in [0.1, 0.15) is 46.6 Å². The molecule has 0 radical (unpaired) electrons. The number of hydrogen-bond donors (Lipinski definition) is 1. The summed E-state index contributed by atoms with van der Waals surface area (Å²) in [5, 5.41) is 3.53. The van der Waals surface area contributed by atoms with Crippen molar-refractivity contribution in [1.82, 2.24) is 19.8 Å². The van der Waals surface area contributed by atoms with E-state index in [1.807, 2.05) is 19.6 Å². The molecule has 0 bridgehead atoms. The van der Waals surface area contributed by atoms with Gasteiger partial charge in [-0.2, -0.15) is 0 Å². The zero-order valence-corrected chi connectivity index (χ0v) is 16.5. The number of hydrogen-bond acceptors (Lipinski definition) is 3. The molecule has 6 nitrogen and oxygen atoms in total. The first-order chi connectivity index (χ1) is 12.1. The average Bonchev–Trinajstić information content (AvgIpc) is 3.12. The number of nitrogens with one attached hydrogen (secondary N) is 1. The number of likely N-dealkylation sites (tertiary alicyclic amines) is 1. The maximum absolute atomic E-state index is 5.84. The van der Waals surface area contributed by atoms with Gasteiger partial charge >= 0.3 is 0 Å². The lowest BCUT2D eigenvalue weighted by Crippen LogP contribution is -2.49. The molecule has 0 aliphatic carbocycles. The van der Waals surface area contributed by atoms with Gasteiger partial charge in [0.15, 0.2) is 5.96 Å². The van der Waals surface area contributed by atoms with Crippen LogP contribution in [-0.2, 0) is 4.74 Å². The van der Waals surface area contributed by atoms with E-state index in [1.54, 1.807) is 0 Å². The lowest BCUT2D eigenvalue weighted by molar-refractivity contribution is 0.0257. The minimum absolute atomic E-state index is 0.302. The summed E-state index contributed by atoms with van der Waals surface area (Å²) in [6, 6.07) is 0.446. The molecule has 1 aromatic heterocycles. The van der Waals surface area contributed by atoms with Crippen LogP contribution in [0.5, 0.6) is 0 Å². The molecule has 1 fully saturated rings. The topological polar surface area (TPSA) is 54.7 Å². The first-order valence-corrected chi connectivity index (χ1v) is 9.61. The molecule has 0 spiro atoms. The molecule has 2 rings (SSSR count). The van der Waals surface area contributed by atoms with Gasteiger partial charge in [-0.05, 0) is 31.6 Å². The molecule has 0 aromatic carbocycles. The number of imidazole rings is 1. The predicted octanol–water partition coefficient (Wildman–Crippen LogP) is 2.79. The molecule has 2 heterocycles. The molecule has 3 atom stereocenters. The van der Waals surface area contributed by atoms with Crippen LogP contribution in [0.15, 0.2) is 23.7 Å². The maximum atomic E-state index is 5.84. The number of aromatic nitrogens is 2. The van der Waals surface area contributed by atoms with Crippen molar-refractivity contribution in [3.63, 3.8) is 0 Å². The highest BCUT2D eigenvalue weighted by Gasteiger charge is 2.28. The van der Waals surface area contributed by atoms with Gasteiger partial charge in [0, 0.05) is 45.7 Å². The second kappa shape index (κ2) is 9.80. The Balaban J connectivity index is 1.89. The van der Waals surface area contributed by atoms with Gasteiger partial charge in [0.05, 0.1) is 18.5 Å². The van der Waals surface area contributed by atoms with Crippen LogP contribution in [0.25, 0.3) is 0 Å². The summed E-state index contributed by atoms with van der Waals surface area (Å²) in [5.41, 5.74) is 0. The number of nitrogens with zero attached hydrogens (tertiary/aromatic N) is 4. The van der Waals surface area contributed by atoms with Crippen LogP contribution in [-0.4, -0.2) is 59.8 Å². The second-order valence-corrected chi connectivity index (χ2v) is 7.29. The zero-order valence-electron chi connectivity index (χ0n) is 16.5. The minimum Gasteiger partial charge on any atom is -0.378 e. The summed E-state index contributed by atoms with van der Waals surface area (Å²) in [4.78, 5) is 11.1. The van der Waals surface area contributed by atoms with Crippen LogP contribution in [0.3, 0.4) is 0 Å². The van der Waals surface area contributed by atoms with E-state index in [0.29, 0.717) is 24.0 Å². The number of rotatable bonds is 7.